The molecule has 0 aliphatic carbocycles. The van der Waals surface area contributed by atoms with Gasteiger partial charge in [0.2, 0.25) is 11.8 Å². The molecule has 6 aromatic rings. The van der Waals surface area contributed by atoms with Gasteiger partial charge in [-0.3, -0.25) is 0 Å². The molecule has 0 radical (unpaired) electrons. The first-order valence-electron chi connectivity index (χ1n) is 12.4. The molecule has 40 heavy (non-hydrogen) atoms. The third-order valence-corrected chi connectivity index (χ3v) is 7.93. The highest BCUT2D eigenvalue weighted by atomic mass is 32.2. The molecule has 0 aliphatic rings. The Balaban J connectivity index is 1.43. The summed E-state index contributed by atoms with van der Waals surface area (Å²) in [5.41, 5.74) is 4.90. The largest absolute Gasteiger partial charge is 0.445 e. The van der Waals surface area contributed by atoms with Gasteiger partial charge >= 0.3 is 0 Å². The Morgan fingerprint density at radius 2 is 1.70 bits per heavy atom. The number of benzene rings is 3. The lowest BCUT2D eigenvalue weighted by Crippen LogP contribution is -2.14. The zero-order valence-electron chi connectivity index (χ0n) is 21.6. The van der Waals surface area contributed by atoms with Crippen molar-refractivity contribution in [1.82, 2.24) is 24.9 Å². The Labute approximate surface area is 230 Å². The number of nitrogens with zero attached hydrogens (tertiary/aromatic N) is 5. The molecule has 0 aliphatic heterocycles. The maximum Gasteiger partial charge on any atom is 0.264 e. The summed E-state index contributed by atoms with van der Waals surface area (Å²) < 4.78 is 42.2. The normalized spacial score (nSPS) is 11.6. The summed E-state index contributed by atoms with van der Waals surface area (Å²) in [7, 11) is -4.03. The van der Waals surface area contributed by atoms with E-state index in [1.807, 2.05) is 48.5 Å². The monoisotopic (exact) mass is 552 g/mol. The number of sulfonamides is 1. The number of oxazole rings is 1. The standard InChI is InChI=1S/C29H24N6O4S/c1-19-20(2)33-39-28(19)34-40(36,37)26-11-7-6-10-25(26)24-13-12-22(29-30-14-15-38-29)16-23(24)17-35-18-31-27(32-35)21-8-4-3-5-9-21/h3-16,18,34H,17H2,1-2H3. The van der Waals surface area contributed by atoms with Crippen molar-refractivity contribution in [3.63, 3.8) is 0 Å². The van der Waals surface area contributed by atoms with Crippen molar-refractivity contribution in [1.29, 1.82) is 0 Å². The third-order valence-electron chi connectivity index (χ3n) is 6.54. The fourth-order valence-corrected chi connectivity index (χ4v) is 5.63. The van der Waals surface area contributed by atoms with E-state index in [-0.39, 0.29) is 10.8 Å². The molecule has 200 valence electrons. The highest BCUT2D eigenvalue weighted by Gasteiger charge is 2.24. The van der Waals surface area contributed by atoms with E-state index in [9.17, 15) is 8.42 Å². The zero-order valence-corrected chi connectivity index (χ0v) is 22.5. The molecule has 0 atom stereocenters. The van der Waals surface area contributed by atoms with Crippen molar-refractivity contribution in [2.45, 2.75) is 25.3 Å². The van der Waals surface area contributed by atoms with E-state index in [1.54, 1.807) is 55.3 Å². The molecule has 0 unspecified atom stereocenters. The fraction of sp³-hybridized carbons (Fsp3) is 0.103. The third kappa shape index (κ3) is 4.90. The first kappa shape index (κ1) is 25.3. The van der Waals surface area contributed by atoms with Crippen molar-refractivity contribution in [3.05, 3.63) is 108 Å². The van der Waals surface area contributed by atoms with Crippen molar-refractivity contribution in [2.75, 3.05) is 4.72 Å². The molecular formula is C29H24N6O4S. The van der Waals surface area contributed by atoms with Gasteiger partial charge in [-0.1, -0.05) is 59.8 Å². The molecule has 0 bridgehead atoms. The minimum atomic E-state index is -4.03. The van der Waals surface area contributed by atoms with Crippen LogP contribution in [-0.4, -0.2) is 33.3 Å². The van der Waals surface area contributed by atoms with E-state index in [0.717, 1.165) is 16.7 Å². The second-order valence-corrected chi connectivity index (χ2v) is 10.8. The van der Waals surface area contributed by atoms with Crippen LogP contribution < -0.4 is 4.72 Å². The van der Waals surface area contributed by atoms with Gasteiger partial charge in [-0.15, -0.1) is 0 Å². The van der Waals surface area contributed by atoms with Gasteiger partial charge in [0, 0.05) is 22.3 Å². The van der Waals surface area contributed by atoms with Crippen molar-refractivity contribution < 1.29 is 17.4 Å². The van der Waals surface area contributed by atoms with Crippen molar-refractivity contribution in [2.24, 2.45) is 0 Å². The van der Waals surface area contributed by atoms with Crippen LogP contribution in [0.1, 0.15) is 16.8 Å². The SMILES string of the molecule is Cc1noc(NS(=O)(=O)c2ccccc2-c2ccc(-c3ncco3)cc2Cn2cnc(-c3ccccc3)n2)c1C. The number of hydrogen-bond acceptors (Lipinski definition) is 8. The molecule has 3 aromatic carbocycles. The molecule has 0 saturated carbocycles. The van der Waals surface area contributed by atoms with Gasteiger partial charge in [-0.05, 0) is 43.2 Å². The quantitative estimate of drug-likeness (QED) is 0.254. The lowest BCUT2D eigenvalue weighted by molar-refractivity contribution is 0.430. The van der Waals surface area contributed by atoms with Crippen LogP contribution in [-0.2, 0) is 16.6 Å². The Morgan fingerprint density at radius 1 is 0.900 bits per heavy atom. The molecule has 1 N–H and O–H groups in total. The number of hydrogen-bond donors (Lipinski definition) is 1. The van der Waals surface area contributed by atoms with Crippen LogP contribution in [0.3, 0.4) is 0 Å². The van der Waals surface area contributed by atoms with Gasteiger partial charge in [-0.25, -0.2) is 27.8 Å². The molecule has 6 rings (SSSR count). The van der Waals surface area contributed by atoms with Gasteiger partial charge in [-0.2, -0.15) is 5.10 Å². The van der Waals surface area contributed by atoms with Crippen LogP contribution in [0.2, 0.25) is 0 Å². The molecule has 0 spiro atoms. The van der Waals surface area contributed by atoms with Gasteiger partial charge in [0.15, 0.2) is 5.82 Å². The molecular weight excluding hydrogens is 528 g/mol. The van der Waals surface area contributed by atoms with Gasteiger partial charge in [0.05, 0.1) is 23.3 Å². The smallest absolute Gasteiger partial charge is 0.264 e. The maximum atomic E-state index is 13.6. The second kappa shape index (κ2) is 10.3. The summed E-state index contributed by atoms with van der Waals surface area (Å²) in [6, 6.07) is 22.1. The minimum Gasteiger partial charge on any atom is -0.445 e. The number of nitrogens with one attached hydrogen (secondary N) is 1. The summed E-state index contributed by atoms with van der Waals surface area (Å²) in [5.74, 6) is 1.13. The number of rotatable bonds is 8. The average molecular weight is 553 g/mol. The Morgan fingerprint density at radius 3 is 2.45 bits per heavy atom. The van der Waals surface area contributed by atoms with Crippen LogP contribution in [0.5, 0.6) is 0 Å². The Kier molecular flexibility index (Phi) is 6.48. The van der Waals surface area contributed by atoms with E-state index in [2.05, 4.69) is 24.9 Å². The van der Waals surface area contributed by atoms with E-state index in [4.69, 9.17) is 8.94 Å². The van der Waals surface area contributed by atoms with Crippen molar-refractivity contribution in [3.8, 4) is 34.0 Å². The first-order chi connectivity index (χ1) is 19.4. The van der Waals surface area contributed by atoms with Gasteiger partial charge < -0.3 is 8.94 Å². The topological polar surface area (TPSA) is 129 Å². The Hall–Kier alpha value is -5.03. The lowest BCUT2D eigenvalue weighted by Gasteiger charge is -2.15. The lowest BCUT2D eigenvalue weighted by atomic mass is 9.97. The van der Waals surface area contributed by atoms with E-state index < -0.39 is 10.0 Å². The molecule has 3 aromatic heterocycles. The summed E-state index contributed by atoms with van der Waals surface area (Å²) in [4.78, 5) is 8.84. The van der Waals surface area contributed by atoms with Crippen LogP contribution in [0.25, 0.3) is 34.0 Å². The van der Waals surface area contributed by atoms with Gasteiger partial charge in [0.1, 0.15) is 12.6 Å². The number of aryl methyl sites for hydroxylation is 1. The Bertz CT molecular complexity index is 1890. The molecule has 0 amide bonds. The highest BCUT2D eigenvalue weighted by molar-refractivity contribution is 7.92. The molecule has 0 fully saturated rings. The summed E-state index contributed by atoms with van der Waals surface area (Å²) in [6.45, 7) is 3.82. The van der Waals surface area contributed by atoms with Crippen molar-refractivity contribution >= 4 is 15.9 Å². The van der Waals surface area contributed by atoms with E-state index in [1.165, 1.54) is 6.26 Å². The average Bonchev–Trinajstić information content (AvgIpc) is 3.74. The maximum absolute atomic E-state index is 13.6. The molecule has 11 heteroatoms. The van der Waals surface area contributed by atoms with Crippen LogP contribution in [0, 0.1) is 13.8 Å². The fourth-order valence-electron chi connectivity index (χ4n) is 4.36. The second-order valence-electron chi connectivity index (χ2n) is 9.16. The predicted molar refractivity (Wildman–Crippen MR) is 149 cm³/mol. The van der Waals surface area contributed by atoms with E-state index >= 15 is 0 Å². The molecule has 0 saturated heterocycles. The summed E-state index contributed by atoms with van der Waals surface area (Å²) >= 11 is 0. The summed E-state index contributed by atoms with van der Waals surface area (Å²) in [6.07, 6.45) is 4.74. The predicted octanol–water partition coefficient (Wildman–Crippen LogP) is 5.72. The van der Waals surface area contributed by atoms with Crippen LogP contribution >= 0.6 is 0 Å². The zero-order chi connectivity index (χ0) is 27.7. The van der Waals surface area contributed by atoms with E-state index in [0.29, 0.717) is 40.6 Å². The first-order valence-corrected chi connectivity index (χ1v) is 13.9. The molecule has 3 heterocycles. The number of anilines is 1. The number of aromatic nitrogens is 5. The molecule has 10 nitrogen and oxygen atoms in total. The van der Waals surface area contributed by atoms with Crippen LogP contribution in [0.4, 0.5) is 5.88 Å². The minimum absolute atomic E-state index is 0.0859. The summed E-state index contributed by atoms with van der Waals surface area (Å²) in [5, 5.41) is 8.52. The van der Waals surface area contributed by atoms with Crippen LogP contribution in [0.15, 0.2) is 105 Å². The highest BCUT2D eigenvalue weighted by Crippen LogP contribution is 2.34. The van der Waals surface area contributed by atoms with Gasteiger partial charge in [0.25, 0.3) is 10.0 Å².